The van der Waals surface area contributed by atoms with Crippen LogP contribution >= 0.6 is 11.3 Å². The van der Waals surface area contributed by atoms with Crippen molar-refractivity contribution in [3.8, 4) is 10.4 Å². The van der Waals surface area contributed by atoms with Crippen LogP contribution in [0.2, 0.25) is 0 Å². The Morgan fingerprint density at radius 2 is 1.74 bits per heavy atom. The molecule has 1 aromatic heterocycles. The number of carboxylic acid groups (broad SMARTS) is 1. The molecule has 3 amide bonds. The Hall–Kier alpha value is -4.21. The molecule has 0 aliphatic heterocycles. The third-order valence-electron chi connectivity index (χ3n) is 5.43. The lowest BCUT2D eigenvalue weighted by Gasteiger charge is -2.20. The third-order valence-corrected chi connectivity index (χ3v) is 6.33. The number of fused-ring (bicyclic) bond motifs is 1. The number of carbonyl (C=O) groups excluding carboxylic acids is 2. The highest BCUT2D eigenvalue weighted by Crippen LogP contribution is 2.33. The number of primary amides is 2. The predicted molar refractivity (Wildman–Crippen MR) is 133 cm³/mol. The second-order valence-electron chi connectivity index (χ2n) is 7.61. The summed E-state index contributed by atoms with van der Waals surface area (Å²) >= 11 is 1.46. The standard InChI is InChI=1S/C25H22N4O4S/c26-23(30)19-12-18(21-9-4-10-34-21)15(11-20(19)29-25(27)33)13-28-22(24(31)32)17-8-3-6-14-5-1-2-7-16(14)17/h1-12,22,28H,13H2,(H2,26,30)(H,31,32)(H3,27,29,33). The van der Waals surface area contributed by atoms with E-state index in [0.717, 1.165) is 15.6 Å². The quantitative estimate of drug-likeness (QED) is 0.261. The highest BCUT2D eigenvalue weighted by Gasteiger charge is 2.23. The predicted octanol–water partition coefficient (Wildman–Crippen LogP) is 4.07. The normalized spacial score (nSPS) is 11.8. The van der Waals surface area contributed by atoms with E-state index in [4.69, 9.17) is 11.5 Å². The van der Waals surface area contributed by atoms with Gasteiger partial charge in [-0.25, -0.2) is 4.79 Å². The van der Waals surface area contributed by atoms with Gasteiger partial charge in [0.1, 0.15) is 6.04 Å². The summed E-state index contributed by atoms with van der Waals surface area (Å²) in [4.78, 5) is 36.6. The number of anilines is 1. The summed E-state index contributed by atoms with van der Waals surface area (Å²) in [6.07, 6.45) is 0. The van der Waals surface area contributed by atoms with Gasteiger partial charge in [-0.15, -0.1) is 11.3 Å². The molecule has 0 fully saturated rings. The van der Waals surface area contributed by atoms with Crippen LogP contribution in [0, 0.1) is 0 Å². The molecule has 3 aromatic carbocycles. The highest BCUT2D eigenvalue weighted by atomic mass is 32.1. The van der Waals surface area contributed by atoms with Gasteiger partial charge >= 0.3 is 12.0 Å². The van der Waals surface area contributed by atoms with E-state index < -0.39 is 23.9 Å². The van der Waals surface area contributed by atoms with Gasteiger partial charge < -0.3 is 21.9 Å². The molecule has 0 radical (unpaired) electrons. The van der Waals surface area contributed by atoms with Crippen LogP contribution in [-0.2, 0) is 11.3 Å². The molecule has 0 bridgehead atoms. The van der Waals surface area contributed by atoms with Crippen LogP contribution in [-0.4, -0.2) is 23.0 Å². The molecule has 9 heteroatoms. The summed E-state index contributed by atoms with van der Waals surface area (Å²) in [5.41, 5.74) is 13.1. The van der Waals surface area contributed by atoms with Crippen LogP contribution in [0.4, 0.5) is 10.5 Å². The number of aliphatic carboxylic acids is 1. The molecule has 4 rings (SSSR count). The van der Waals surface area contributed by atoms with Crippen molar-refractivity contribution in [1.29, 1.82) is 0 Å². The van der Waals surface area contributed by atoms with Crippen LogP contribution in [0.15, 0.2) is 72.1 Å². The molecule has 1 heterocycles. The molecule has 0 aliphatic rings. The second-order valence-corrected chi connectivity index (χ2v) is 8.55. The smallest absolute Gasteiger partial charge is 0.325 e. The van der Waals surface area contributed by atoms with Crippen LogP contribution in [0.25, 0.3) is 21.2 Å². The van der Waals surface area contributed by atoms with Gasteiger partial charge in [0.25, 0.3) is 5.91 Å². The monoisotopic (exact) mass is 474 g/mol. The van der Waals surface area contributed by atoms with Crippen LogP contribution in [0.3, 0.4) is 0 Å². The first-order valence-electron chi connectivity index (χ1n) is 10.4. The summed E-state index contributed by atoms with van der Waals surface area (Å²) < 4.78 is 0. The Labute approximate surface area is 199 Å². The van der Waals surface area contributed by atoms with E-state index in [2.05, 4.69) is 10.6 Å². The summed E-state index contributed by atoms with van der Waals surface area (Å²) in [5, 5.41) is 19.2. The summed E-state index contributed by atoms with van der Waals surface area (Å²) in [6, 6.07) is 18.2. The van der Waals surface area contributed by atoms with Crippen molar-refractivity contribution in [2.24, 2.45) is 11.5 Å². The topological polar surface area (TPSA) is 148 Å². The van der Waals surface area contributed by atoms with Crippen molar-refractivity contribution in [3.63, 3.8) is 0 Å². The van der Waals surface area contributed by atoms with Gasteiger partial charge in [0, 0.05) is 11.4 Å². The van der Waals surface area contributed by atoms with E-state index in [9.17, 15) is 19.5 Å². The number of hydrogen-bond acceptors (Lipinski definition) is 5. The number of benzene rings is 3. The van der Waals surface area contributed by atoms with Crippen molar-refractivity contribution in [2.75, 3.05) is 5.32 Å². The number of hydrogen-bond donors (Lipinski definition) is 5. The van der Waals surface area contributed by atoms with E-state index in [0.29, 0.717) is 16.7 Å². The molecule has 1 unspecified atom stereocenters. The zero-order chi connectivity index (χ0) is 24.2. The van der Waals surface area contributed by atoms with Crippen LogP contribution < -0.4 is 22.1 Å². The fourth-order valence-corrected chi connectivity index (χ4v) is 4.71. The fraction of sp³-hybridized carbons (Fsp3) is 0.0800. The molecule has 0 saturated heterocycles. The highest BCUT2D eigenvalue weighted by molar-refractivity contribution is 7.13. The number of rotatable bonds is 8. The lowest BCUT2D eigenvalue weighted by Crippen LogP contribution is -2.29. The first-order valence-corrected chi connectivity index (χ1v) is 11.2. The number of carboxylic acids is 1. The van der Waals surface area contributed by atoms with Gasteiger partial charge in [-0.05, 0) is 51.0 Å². The Morgan fingerprint density at radius 3 is 2.41 bits per heavy atom. The van der Waals surface area contributed by atoms with E-state index in [1.165, 1.54) is 11.3 Å². The zero-order valence-electron chi connectivity index (χ0n) is 17.9. The molecule has 0 saturated carbocycles. The zero-order valence-corrected chi connectivity index (χ0v) is 18.8. The minimum Gasteiger partial charge on any atom is -0.480 e. The molecule has 0 aliphatic carbocycles. The molecule has 1 atom stereocenters. The van der Waals surface area contributed by atoms with Gasteiger partial charge in [0.2, 0.25) is 0 Å². The summed E-state index contributed by atoms with van der Waals surface area (Å²) in [6.45, 7) is 0.139. The summed E-state index contributed by atoms with van der Waals surface area (Å²) in [7, 11) is 0. The molecular weight excluding hydrogens is 452 g/mol. The van der Waals surface area contributed by atoms with Crippen molar-refractivity contribution in [2.45, 2.75) is 12.6 Å². The number of urea groups is 1. The molecule has 8 nitrogen and oxygen atoms in total. The average molecular weight is 475 g/mol. The van der Waals surface area contributed by atoms with Gasteiger partial charge in [0.15, 0.2) is 0 Å². The number of thiophene rings is 1. The van der Waals surface area contributed by atoms with Gasteiger partial charge in [0.05, 0.1) is 11.3 Å². The first kappa shape index (κ1) is 23.0. The first-order chi connectivity index (χ1) is 16.3. The van der Waals surface area contributed by atoms with E-state index in [1.807, 2.05) is 53.9 Å². The Kier molecular flexibility index (Phi) is 6.58. The maximum Gasteiger partial charge on any atom is 0.325 e. The molecule has 7 N–H and O–H groups in total. The lowest BCUT2D eigenvalue weighted by atomic mass is 9.97. The number of nitrogens with two attached hydrogens (primary N) is 2. The van der Waals surface area contributed by atoms with Crippen LogP contribution in [0.1, 0.15) is 27.5 Å². The molecule has 34 heavy (non-hydrogen) atoms. The molecule has 4 aromatic rings. The maximum atomic E-state index is 12.2. The SMILES string of the molecule is NC(=O)Nc1cc(CNC(C(=O)O)c2cccc3ccccc23)c(-c2cccs2)cc1C(N)=O. The molecule has 0 spiro atoms. The number of carbonyl (C=O) groups is 3. The van der Waals surface area contributed by atoms with Crippen LogP contribution in [0.5, 0.6) is 0 Å². The Balaban J connectivity index is 1.76. The number of nitrogens with one attached hydrogen (secondary N) is 2. The molecule has 172 valence electrons. The van der Waals surface area contributed by atoms with Crippen molar-refractivity contribution in [1.82, 2.24) is 5.32 Å². The van der Waals surface area contributed by atoms with E-state index >= 15 is 0 Å². The van der Waals surface area contributed by atoms with Crippen molar-refractivity contribution in [3.05, 3.63) is 88.8 Å². The Bertz CT molecular complexity index is 1380. The second kappa shape index (κ2) is 9.74. The maximum absolute atomic E-state index is 12.2. The van der Waals surface area contributed by atoms with Crippen molar-refractivity contribution < 1.29 is 19.5 Å². The minimum absolute atomic E-state index is 0.106. The van der Waals surface area contributed by atoms with E-state index in [-0.39, 0.29) is 17.8 Å². The van der Waals surface area contributed by atoms with Crippen molar-refractivity contribution >= 4 is 45.7 Å². The third kappa shape index (κ3) is 4.75. The van der Waals surface area contributed by atoms with E-state index in [1.54, 1.807) is 18.2 Å². The molecular formula is C25H22N4O4S. The van der Waals surface area contributed by atoms with Gasteiger partial charge in [-0.3, -0.25) is 14.9 Å². The largest absolute Gasteiger partial charge is 0.480 e. The lowest BCUT2D eigenvalue weighted by molar-refractivity contribution is -0.139. The minimum atomic E-state index is -1.03. The number of amides is 3. The summed E-state index contributed by atoms with van der Waals surface area (Å²) in [5.74, 6) is -1.75. The van der Waals surface area contributed by atoms with Gasteiger partial charge in [-0.1, -0.05) is 48.5 Å². The van der Waals surface area contributed by atoms with Gasteiger partial charge in [-0.2, -0.15) is 0 Å². The fourth-order valence-electron chi connectivity index (χ4n) is 3.94. The average Bonchev–Trinajstić information content (AvgIpc) is 3.33. The Morgan fingerprint density at radius 1 is 0.971 bits per heavy atom.